The molecule has 4 aliphatic rings. The van der Waals surface area contributed by atoms with Gasteiger partial charge in [-0.2, -0.15) is 0 Å². The van der Waals surface area contributed by atoms with Gasteiger partial charge in [-0.15, -0.1) is 0 Å². The summed E-state index contributed by atoms with van der Waals surface area (Å²) in [5.74, 6) is -0.0278. The summed E-state index contributed by atoms with van der Waals surface area (Å²) in [6.07, 6.45) is 7.84. The quantitative estimate of drug-likeness (QED) is 0.674. The second kappa shape index (κ2) is 5.85. The van der Waals surface area contributed by atoms with Gasteiger partial charge in [0, 0.05) is 19.2 Å². The van der Waals surface area contributed by atoms with Crippen molar-refractivity contribution in [3.05, 3.63) is 36.5 Å². The van der Waals surface area contributed by atoms with Gasteiger partial charge in [-0.25, -0.2) is 4.98 Å². The number of allylic oxidation sites excluding steroid dienone is 2. The molecule has 1 aromatic heterocycles. The van der Waals surface area contributed by atoms with Gasteiger partial charge in [-0.05, 0) is 36.8 Å². The number of imide groups is 1. The van der Waals surface area contributed by atoms with E-state index in [1.807, 2.05) is 0 Å². The number of hydrogen-bond acceptors (Lipinski definition) is 4. The molecule has 0 spiro atoms. The molecule has 1 saturated heterocycles. The Morgan fingerprint density at radius 1 is 1.12 bits per heavy atom. The van der Waals surface area contributed by atoms with Gasteiger partial charge in [0.05, 0.1) is 11.8 Å². The maximum absolute atomic E-state index is 12.6. The number of likely N-dealkylation sites (tertiary alicyclic amines) is 1. The van der Waals surface area contributed by atoms with Crippen molar-refractivity contribution in [1.82, 2.24) is 9.88 Å². The van der Waals surface area contributed by atoms with E-state index in [1.54, 1.807) is 24.4 Å². The first-order valence-electron chi connectivity index (χ1n) is 8.39. The van der Waals surface area contributed by atoms with Crippen LogP contribution in [0.15, 0.2) is 36.5 Å². The number of rotatable bonds is 4. The third-order valence-corrected chi connectivity index (χ3v) is 5.35. The lowest BCUT2D eigenvalue weighted by Crippen LogP contribution is -2.38. The number of anilines is 1. The van der Waals surface area contributed by atoms with Gasteiger partial charge < -0.3 is 5.32 Å². The number of nitrogens with one attached hydrogen (secondary N) is 1. The molecule has 6 nitrogen and oxygen atoms in total. The third-order valence-electron chi connectivity index (χ3n) is 5.35. The first kappa shape index (κ1) is 15.1. The predicted molar refractivity (Wildman–Crippen MR) is 86.5 cm³/mol. The second-order valence-electron chi connectivity index (χ2n) is 6.68. The Balaban J connectivity index is 1.40. The number of nitrogens with zero attached hydrogens (tertiary/aromatic N) is 2. The summed E-state index contributed by atoms with van der Waals surface area (Å²) in [4.78, 5) is 42.6. The standard InChI is InChI=1S/C18H19N3O3/c22-14(20-13-3-1-2-9-19-13)8-10-21-17(23)15-11-4-5-12(7-6-11)16(15)18(21)24/h1-5,9,11-12,15-16H,6-8,10H2,(H,19,20,22)/t11-,12-,15-,16+/m0/s1. The van der Waals surface area contributed by atoms with Gasteiger partial charge in [0.1, 0.15) is 5.82 Å². The first-order chi connectivity index (χ1) is 11.6. The molecule has 0 radical (unpaired) electrons. The zero-order chi connectivity index (χ0) is 16.7. The molecule has 6 heteroatoms. The van der Waals surface area contributed by atoms with Crippen LogP contribution in [0.25, 0.3) is 0 Å². The van der Waals surface area contributed by atoms with Crippen molar-refractivity contribution in [2.45, 2.75) is 19.3 Å². The number of carbonyl (C=O) groups excluding carboxylic acids is 3. The van der Waals surface area contributed by atoms with Crippen molar-refractivity contribution in [3.8, 4) is 0 Å². The van der Waals surface area contributed by atoms with Crippen molar-refractivity contribution in [2.75, 3.05) is 11.9 Å². The molecule has 1 aliphatic heterocycles. The number of amides is 3. The zero-order valence-electron chi connectivity index (χ0n) is 13.2. The van der Waals surface area contributed by atoms with E-state index in [9.17, 15) is 14.4 Å². The average molecular weight is 325 g/mol. The summed E-state index contributed by atoms with van der Waals surface area (Å²) in [5.41, 5.74) is 0. The summed E-state index contributed by atoms with van der Waals surface area (Å²) >= 11 is 0. The van der Waals surface area contributed by atoms with E-state index in [0.717, 1.165) is 12.8 Å². The second-order valence-corrected chi connectivity index (χ2v) is 6.68. The Morgan fingerprint density at radius 3 is 2.33 bits per heavy atom. The molecule has 3 amide bonds. The Kier molecular flexibility index (Phi) is 3.67. The van der Waals surface area contributed by atoms with E-state index in [4.69, 9.17) is 0 Å². The monoisotopic (exact) mass is 325 g/mol. The molecule has 1 saturated carbocycles. The minimum absolute atomic E-state index is 0.0935. The summed E-state index contributed by atoms with van der Waals surface area (Å²) in [6, 6.07) is 5.24. The SMILES string of the molecule is O=C(CCN1C(=O)[C@@H]2[C@H](C1=O)[C@H]1C=C[C@H]2CC1)Nc1ccccn1. The molecule has 3 aliphatic carbocycles. The highest BCUT2D eigenvalue weighted by molar-refractivity contribution is 6.06. The van der Waals surface area contributed by atoms with Crippen molar-refractivity contribution in [2.24, 2.45) is 23.7 Å². The molecule has 124 valence electrons. The zero-order valence-corrected chi connectivity index (χ0v) is 13.2. The van der Waals surface area contributed by atoms with Crippen LogP contribution in [0.4, 0.5) is 5.82 Å². The molecule has 1 N–H and O–H groups in total. The lowest BCUT2D eigenvalue weighted by atomic mass is 9.63. The molecular weight excluding hydrogens is 306 g/mol. The lowest BCUT2D eigenvalue weighted by molar-refractivity contribution is -0.140. The Labute approximate surface area is 139 Å². The molecule has 5 rings (SSSR count). The van der Waals surface area contributed by atoms with Gasteiger partial charge in [0.15, 0.2) is 0 Å². The van der Waals surface area contributed by atoms with Crippen molar-refractivity contribution in [1.29, 1.82) is 0 Å². The highest BCUT2D eigenvalue weighted by atomic mass is 16.2. The fraction of sp³-hybridized carbons (Fsp3) is 0.444. The third kappa shape index (κ3) is 2.42. The minimum Gasteiger partial charge on any atom is -0.311 e. The van der Waals surface area contributed by atoms with Crippen LogP contribution in [0, 0.1) is 23.7 Å². The molecule has 24 heavy (non-hydrogen) atoms. The number of fused-ring (bicyclic) bond motifs is 1. The van der Waals surface area contributed by atoms with Crippen LogP contribution in [-0.4, -0.2) is 34.2 Å². The smallest absolute Gasteiger partial charge is 0.233 e. The summed E-state index contributed by atoms with van der Waals surface area (Å²) < 4.78 is 0. The topological polar surface area (TPSA) is 79.4 Å². The lowest BCUT2D eigenvalue weighted by Gasteiger charge is -2.38. The Morgan fingerprint density at radius 2 is 1.79 bits per heavy atom. The molecule has 0 unspecified atom stereocenters. The van der Waals surface area contributed by atoms with Crippen molar-refractivity contribution >= 4 is 23.5 Å². The molecular formula is C18H19N3O3. The molecule has 0 aromatic carbocycles. The average Bonchev–Trinajstić information content (AvgIpc) is 2.88. The molecule has 1 aromatic rings. The summed E-state index contributed by atoms with van der Waals surface area (Å²) in [7, 11) is 0. The van der Waals surface area contributed by atoms with E-state index >= 15 is 0 Å². The van der Waals surface area contributed by atoms with Gasteiger partial charge in [-0.1, -0.05) is 18.2 Å². The molecule has 4 atom stereocenters. The number of aromatic nitrogens is 1. The summed E-state index contributed by atoms with van der Waals surface area (Å²) in [5, 5.41) is 2.68. The van der Waals surface area contributed by atoms with Crippen LogP contribution in [0.2, 0.25) is 0 Å². The van der Waals surface area contributed by atoms with Crippen LogP contribution in [0.1, 0.15) is 19.3 Å². The Hall–Kier alpha value is -2.50. The molecule has 2 bridgehead atoms. The van der Waals surface area contributed by atoms with E-state index < -0.39 is 0 Å². The van der Waals surface area contributed by atoms with Crippen LogP contribution >= 0.6 is 0 Å². The van der Waals surface area contributed by atoms with Gasteiger partial charge >= 0.3 is 0 Å². The Bertz CT molecular complexity index is 683. The number of carbonyl (C=O) groups is 3. The first-order valence-corrected chi connectivity index (χ1v) is 8.39. The fourth-order valence-corrected chi connectivity index (χ4v) is 4.21. The van der Waals surface area contributed by atoms with Crippen LogP contribution < -0.4 is 5.32 Å². The normalized spacial score (nSPS) is 30.6. The van der Waals surface area contributed by atoms with E-state index in [2.05, 4.69) is 22.5 Å². The molecule has 2 heterocycles. The van der Waals surface area contributed by atoms with E-state index in [1.165, 1.54) is 4.90 Å². The number of pyridine rings is 1. The largest absolute Gasteiger partial charge is 0.311 e. The predicted octanol–water partition coefficient (Wildman–Crippen LogP) is 1.61. The maximum atomic E-state index is 12.6. The highest BCUT2D eigenvalue weighted by Gasteiger charge is 2.56. The maximum Gasteiger partial charge on any atom is 0.233 e. The van der Waals surface area contributed by atoms with E-state index in [-0.39, 0.29) is 54.4 Å². The highest BCUT2D eigenvalue weighted by Crippen LogP contribution is 2.49. The van der Waals surface area contributed by atoms with Crippen molar-refractivity contribution in [3.63, 3.8) is 0 Å². The van der Waals surface area contributed by atoms with Crippen molar-refractivity contribution < 1.29 is 14.4 Å². The van der Waals surface area contributed by atoms with Gasteiger partial charge in [0.2, 0.25) is 17.7 Å². The van der Waals surface area contributed by atoms with E-state index in [0.29, 0.717) is 5.82 Å². The molecule has 2 fully saturated rings. The van der Waals surface area contributed by atoms with Gasteiger partial charge in [0.25, 0.3) is 0 Å². The van der Waals surface area contributed by atoms with Gasteiger partial charge in [-0.3, -0.25) is 19.3 Å². The summed E-state index contributed by atoms with van der Waals surface area (Å²) in [6.45, 7) is 0.142. The minimum atomic E-state index is -0.245. The number of hydrogen-bond donors (Lipinski definition) is 1. The fourth-order valence-electron chi connectivity index (χ4n) is 4.21. The van der Waals surface area contributed by atoms with Crippen LogP contribution in [0.5, 0.6) is 0 Å². The van der Waals surface area contributed by atoms with Crippen LogP contribution in [-0.2, 0) is 14.4 Å². The van der Waals surface area contributed by atoms with Crippen LogP contribution in [0.3, 0.4) is 0 Å².